The van der Waals surface area contributed by atoms with Crippen LogP contribution in [-0.4, -0.2) is 42.1 Å². The first-order chi connectivity index (χ1) is 19.6. The molecule has 0 saturated heterocycles. The molecule has 0 aromatic carbocycles. The molecule has 42 heavy (non-hydrogen) atoms. The van der Waals surface area contributed by atoms with E-state index in [1.54, 1.807) is 0 Å². The standard InChI is InChI=1S/C33H55NO7S/c1-7-20(2)29(31(36)37)34-30(35)22(4)10-8-9-21(3)26-13-14-27-25-12-11-23-19-24(41-42(38,39)40)15-17-32(23,5)28(25)16-18-33(26,27)6/h11,20-22,24-29H,7-10,12-19H2,1-6H3,(H,34,35)(H,36,37)(H,38,39,40). The monoisotopic (exact) mass is 609 g/mol. The van der Waals surface area contributed by atoms with Crippen molar-refractivity contribution in [2.45, 2.75) is 131 Å². The van der Waals surface area contributed by atoms with Gasteiger partial charge in [-0.25, -0.2) is 8.98 Å². The van der Waals surface area contributed by atoms with E-state index in [9.17, 15) is 27.7 Å². The van der Waals surface area contributed by atoms with Crippen LogP contribution in [0.3, 0.4) is 0 Å². The van der Waals surface area contributed by atoms with Gasteiger partial charge >= 0.3 is 16.4 Å². The van der Waals surface area contributed by atoms with Crippen molar-refractivity contribution >= 4 is 22.3 Å². The molecule has 0 spiro atoms. The van der Waals surface area contributed by atoms with Gasteiger partial charge in [0.1, 0.15) is 6.04 Å². The summed E-state index contributed by atoms with van der Waals surface area (Å²) < 4.78 is 36.8. The molecule has 0 aromatic heterocycles. The van der Waals surface area contributed by atoms with Crippen LogP contribution in [0.4, 0.5) is 0 Å². The second-order valence-corrected chi connectivity index (χ2v) is 15.9. The average molecular weight is 610 g/mol. The molecule has 1 amide bonds. The molecule has 0 bridgehead atoms. The molecular weight excluding hydrogens is 554 g/mol. The molecule has 8 nitrogen and oxygen atoms in total. The lowest BCUT2D eigenvalue weighted by Gasteiger charge is -2.58. The van der Waals surface area contributed by atoms with Crippen molar-refractivity contribution in [3.63, 3.8) is 0 Å². The van der Waals surface area contributed by atoms with Crippen molar-refractivity contribution in [2.75, 3.05) is 0 Å². The molecule has 0 aliphatic heterocycles. The summed E-state index contributed by atoms with van der Waals surface area (Å²) in [6.07, 6.45) is 13.6. The maximum atomic E-state index is 12.8. The van der Waals surface area contributed by atoms with Gasteiger partial charge in [-0.3, -0.25) is 9.35 Å². The van der Waals surface area contributed by atoms with Crippen molar-refractivity contribution in [1.29, 1.82) is 0 Å². The first kappa shape index (κ1) is 33.4. The van der Waals surface area contributed by atoms with Crippen LogP contribution in [0.2, 0.25) is 0 Å². The van der Waals surface area contributed by atoms with Crippen LogP contribution in [0.5, 0.6) is 0 Å². The lowest BCUT2D eigenvalue weighted by Crippen LogP contribution is -2.51. The summed E-state index contributed by atoms with van der Waals surface area (Å²) in [4.78, 5) is 24.4. The van der Waals surface area contributed by atoms with E-state index in [1.165, 1.54) is 31.3 Å². The number of hydrogen-bond donors (Lipinski definition) is 3. The second kappa shape index (κ2) is 12.9. The Labute approximate surface area is 253 Å². The molecular formula is C33H55NO7S. The molecule has 0 radical (unpaired) electrons. The smallest absolute Gasteiger partial charge is 0.397 e. The molecule has 4 aliphatic rings. The third-order valence-electron chi connectivity index (χ3n) is 12.6. The molecule has 3 N–H and O–H groups in total. The number of carboxylic acid groups (broad SMARTS) is 1. The molecule has 4 rings (SSSR count). The Kier molecular flexibility index (Phi) is 10.3. The van der Waals surface area contributed by atoms with Crippen LogP contribution in [0.25, 0.3) is 0 Å². The first-order valence-corrected chi connectivity index (χ1v) is 17.9. The predicted octanol–water partition coefficient (Wildman–Crippen LogP) is 6.81. The maximum absolute atomic E-state index is 12.8. The van der Waals surface area contributed by atoms with Crippen LogP contribution in [0, 0.1) is 52.3 Å². The average Bonchev–Trinajstić information content (AvgIpc) is 3.27. The number of amides is 1. The van der Waals surface area contributed by atoms with Gasteiger partial charge in [-0.2, -0.15) is 8.42 Å². The molecule has 0 heterocycles. The van der Waals surface area contributed by atoms with Crippen molar-refractivity contribution in [3.8, 4) is 0 Å². The Morgan fingerprint density at radius 3 is 2.43 bits per heavy atom. The minimum atomic E-state index is -4.44. The third kappa shape index (κ3) is 6.78. The van der Waals surface area contributed by atoms with Crippen molar-refractivity contribution in [1.82, 2.24) is 5.32 Å². The van der Waals surface area contributed by atoms with Gasteiger partial charge in [-0.1, -0.05) is 72.5 Å². The van der Waals surface area contributed by atoms with E-state index in [2.05, 4.69) is 32.2 Å². The number of allylic oxidation sites excluding steroid dienone is 1. The molecule has 4 aliphatic carbocycles. The van der Waals surface area contributed by atoms with Gasteiger partial charge in [0.05, 0.1) is 6.10 Å². The summed E-state index contributed by atoms with van der Waals surface area (Å²) in [6.45, 7) is 13.0. The van der Waals surface area contributed by atoms with Crippen molar-refractivity contribution < 1.29 is 31.8 Å². The van der Waals surface area contributed by atoms with Crippen LogP contribution >= 0.6 is 0 Å². The van der Waals surface area contributed by atoms with E-state index in [1.807, 2.05) is 20.8 Å². The van der Waals surface area contributed by atoms with Gasteiger partial charge < -0.3 is 10.4 Å². The summed E-state index contributed by atoms with van der Waals surface area (Å²) in [6, 6.07) is -0.831. The van der Waals surface area contributed by atoms with Crippen LogP contribution in [0.15, 0.2) is 11.6 Å². The molecule has 11 unspecified atom stereocenters. The Balaban J connectivity index is 1.33. The Morgan fingerprint density at radius 1 is 1.07 bits per heavy atom. The van der Waals surface area contributed by atoms with E-state index in [-0.39, 0.29) is 23.2 Å². The number of rotatable bonds is 12. The van der Waals surface area contributed by atoms with Crippen LogP contribution in [-0.2, 0) is 24.2 Å². The van der Waals surface area contributed by atoms with Gasteiger partial charge in [0, 0.05) is 5.92 Å². The summed E-state index contributed by atoms with van der Waals surface area (Å²) in [5.41, 5.74) is 1.73. The fourth-order valence-electron chi connectivity index (χ4n) is 9.91. The summed E-state index contributed by atoms with van der Waals surface area (Å²) in [5.74, 6) is 1.80. The zero-order valence-electron chi connectivity index (χ0n) is 26.6. The number of carbonyl (C=O) groups excluding carboxylic acids is 1. The predicted molar refractivity (Wildman–Crippen MR) is 163 cm³/mol. The van der Waals surface area contributed by atoms with Gasteiger partial charge in [0.25, 0.3) is 0 Å². The minimum absolute atomic E-state index is 0.0817. The zero-order chi connectivity index (χ0) is 31.0. The number of aliphatic carboxylic acids is 1. The van der Waals surface area contributed by atoms with E-state index in [0.717, 1.165) is 32.1 Å². The number of fused-ring (bicyclic) bond motifs is 5. The largest absolute Gasteiger partial charge is 0.480 e. The van der Waals surface area contributed by atoms with E-state index in [0.29, 0.717) is 54.3 Å². The number of carbonyl (C=O) groups is 2. The summed E-state index contributed by atoms with van der Waals surface area (Å²) in [5, 5.41) is 12.3. The summed E-state index contributed by atoms with van der Waals surface area (Å²) in [7, 11) is -4.44. The van der Waals surface area contributed by atoms with Crippen LogP contribution in [0.1, 0.15) is 119 Å². The summed E-state index contributed by atoms with van der Waals surface area (Å²) >= 11 is 0. The molecule has 3 saturated carbocycles. The fraction of sp³-hybridized carbons (Fsp3) is 0.879. The highest BCUT2D eigenvalue weighted by molar-refractivity contribution is 7.80. The van der Waals surface area contributed by atoms with Crippen molar-refractivity contribution in [2.24, 2.45) is 52.3 Å². The molecule has 0 aromatic rings. The molecule has 11 atom stereocenters. The lowest BCUT2D eigenvalue weighted by molar-refractivity contribution is -0.144. The zero-order valence-corrected chi connectivity index (χ0v) is 27.4. The van der Waals surface area contributed by atoms with Gasteiger partial charge in [-0.15, -0.1) is 0 Å². The molecule has 3 fully saturated rings. The van der Waals surface area contributed by atoms with E-state index < -0.39 is 28.5 Å². The first-order valence-electron chi connectivity index (χ1n) is 16.5. The highest BCUT2D eigenvalue weighted by atomic mass is 32.3. The fourth-order valence-corrected chi connectivity index (χ4v) is 10.4. The minimum Gasteiger partial charge on any atom is -0.480 e. The molecule has 240 valence electrons. The Bertz CT molecular complexity index is 1140. The topological polar surface area (TPSA) is 130 Å². The van der Waals surface area contributed by atoms with Crippen molar-refractivity contribution in [3.05, 3.63) is 11.6 Å². The van der Waals surface area contributed by atoms with E-state index in [4.69, 9.17) is 4.18 Å². The lowest BCUT2D eigenvalue weighted by atomic mass is 9.47. The van der Waals surface area contributed by atoms with E-state index >= 15 is 0 Å². The SMILES string of the molecule is CCC(C)C(NC(=O)C(C)CCCC(C)C1CCC2C3CC=C4CC(OS(=O)(=O)O)CCC4(C)C3CCC12C)C(=O)O. The second-order valence-electron chi connectivity index (χ2n) is 14.9. The maximum Gasteiger partial charge on any atom is 0.397 e. The number of nitrogens with one attached hydrogen (secondary N) is 1. The number of hydrogen-bond acceptors (Lipinski definition) is 5. The highest BCUT2D eigenvalue weighted by Gasteiger charge is 2.59. The van der Waals surface area contributed by atoms with Gasteiger partial charge in [-0.05, 0) is 104 Å². The highest BCUT2D eigenvalue weighted by Crippen LogP contribution is 2.67. The van der Waals surface area contributed by atoms with Gasteiger partial charge in [0.15, 0.2) is 0 Å². The van der Waals surface area contributed by atoms with Gasteiger partial charge in [0.2, 0.25) is 5.91 Å². The van der Waals surface area contributed by atoms with Crippen LogP contribution < -0.4 is 5.32 Å². The Morgan fingerprint density at radius 2 is 1.79 bits per heavy atom. The third-order valence-corrected chi connectivity index (χ3v) is 13.1. The quantitative estimate of drug-likeness (QED) is 0.164. The molecule has 9 heteroatoms. The Hall–Kier alpha value is -1.45. The number of carboxylic acids is 1. The normalized spacial score (nSPS) is 37.3.